The molecule has 0 radical (unpaired) electrons. The molecule has 1 atom stereocenters. The lowest BCUT2D eigenvalue weighted by molar-refractivity contribution is 0.0697. The van der Waals surface area contributed by atoms with Crippen molar-refractivity contribution in [3.05, 3.63) is 58.0 Å². The molecular formula is C21H21N3O2. The van der Waals surface area contributed by atoms with Crippen LogP contribution in [0.2, 0.25) is 0 Å². The Balaban J connectivity index is 2.02. The number of rotatable bonds is 2. The number of benzene rings is 1. The number of fused-ring (bicyclic) bond motifs is 2. The van der Waals surface area contributed by atoms with E-state index in [0.29, 0.717) is 16.9 Å². The number of aromatic amines is 1. The third kappa shape index (κ3) is 2.60. The van der Waals surface area contributed by atoms with E-state index in [9.17, 15) is 9.90 Å². The summed E-state index contributed by atoms with van der Waals surface area (Å²) in [5.74, 6) is -0.522. The molecule has 0 spiro atoms. The van der Waals surface area contributed by atoms with E-state index >= 15 is 0 Å². The van der Waals surface area contributed by atoms with Crippen LogP contribution in [0.5, 0.6) is 0 Å². The van der Waals surface area contributed by atoms with Gasteiger partial charge in [0.05, 0.1) is 22.5 Å². The lowest BCUT2D eigenvalue weighted by atomic mass is 9.80. The summed E-state index contributed by atoms with van der Waals surface area (Å²) in [4.78, 5) is 16.9. The number of H-pyrrole nitrogens is 1. The third-order valence-corrected chi connectivity index (χ3v) is 5.14. The lowest BCUT2D eigenvalue weighted by Gasteiger charge is -2.26. The first-order valence-electron chi connectivity index (χ1n) is 8.83. The molecule has 4 rings (SSSR count). The molecule has 2 heterocycles. The molecule has 1 aromatic carbocycles. The van der Waals surface area contributed by atoms with E-state index in [1.54, 1.807) is 0 Å². The Labute approximate surface area is 151 Å². The summed E-state index contributed by atoms with van der Waals surface area (Å²) < 4.78 is 0. The van der Waals surface area contributed by atoms with Gasteiger partial charge in [0.2, 0.25) is 0 Å². The molecule has 0 aliphatic heterocycles. The molecule has 0 bridgehead atoms. The molecule has 0 saturated heterocycles. The normalized spacial score (nSPS) is 18.3. The van der Waals surface area contributed by atoms with E-state index in [1.807, 2.05) is 38.1 Å². The molecule has 5 heteroatoms. The van der Waals surface area contributed by atoms with Crippen LogP contribution in [-0.4, -0.2) is 26.3 Å². The van der Waals surface area contributed by atoms with Gasteiger partial charge in [0.1, 0.15) is 0 Å². The number of aromatic nitrogens is 3. The van der Waals surface area contributed by atoms with Gasteiger partial charge in [-0.05, 0) is 55.9 Å². The highest BCUT2D eigenvalue weighted by Crippen LogP contribution is 2.38. The number of aromatic carboxylic acids is 1. The summed E-state index contributed by atoms with van der Waals surface area (Å²) >= 11 is 0. The number of hydrogen-bond acceptors (Lipinski definition) is 3. The van der Waals surface area contributed by atoms with Crippen molar-refractivity contribution in [2.45, 2.75) is 33.6 Å². The second-order valence-electron chi connectivity index (χ2n) is 7.17. The first-order valence-corrected chi connectivity index (χ1v) is 8.83. The minimum Gasteiger partial charge on any atom is -0.478 e. The summed E-state index contributed by atoms with van der Waals surface area (Å²) in [5.41, 5.74) is 6.88. The van der Waals surface area contributed by atoms with Crippen LogP contribution in [0, 0.1) is 19.8 Å². The number of hydrogen-bond donors (Lipinski definition) is 2. The predicted molar refractivity (Wildman–Crippen MR) is 102 cm³/mol. The number of nitrogens with zero attached hydrogens (tertiary/aromatic N) is 2. The average Bonchev–Trinajstić information content (AvgIpc) is 2.91. The summed E-state index contributed by atoms with van der Waals surface area (Å²) in [7, 11) is 0. The fourth-order valence-electron chi connectivity index (χ4n) is 3.93. The van der Waals surface area contributed by atoms with Gasteiger partial charge in [-0.25, -0.2) is 9.78 Å². The lowest BCUT2D eigenvalue weighted by Crippen LogP contribution is -2.17. The standard InChI is InChI=1S/C21H21N3O2/c1-11-8-14(10-16-12(2)23-24-13(16)3)20-17(9-11)19(21(25)26)15-6-4-5-7-18(15)22-20/h4-7,10-11H,8-9H2,1-3H3,(H,23,24)(H,25,26). The maximum atomic E-state index is 12.1. The maximum absolute atomic E-state index is 12.1. The SMILES string of the molecule is Cc1n[nH]c(C)c1C=C1CC(C)Cc2c1nc1ccccc1c2C(=O)O. The number of aryl methyl sites for hydroxylation is 2. The minimum atomic E-state index is -0.885. The van der Waals surface area contributed by atoms with Crippen LogP contribution in [0.1, 0.15) is 51.9 Å². The molecule has 2 aromatic heterocycles. The van der Waals surface area contributed by atoms with E-state index in [0.717, 1.165) is 52.1 Å². The molecule has 0 fully saturated rings. The van der Waals surface area contributed by atoms with Crippen LogP contribution in [-0.2, 0) is 6.42 Å². The number of carbonyl (C=O) groups is 1. The molecular weight excluding hydrogens is 326 g/mol. The monoisotopic (exact) mass is 347 g/mol. The van der Waals surface area contributed by atoms with Gasteiger partial charge in [0.25, 0.3) is 0 Å². The van der Waals surface area contributed by atoms with Gasteiger partial charge in [0.15, 0.2) is 0 Å². The molecule has 1 unspecified atom stereocenters. The van der Waals surface area contributed by atoms with Gasteiger partial charge < -0.3 is 5.11 Å². The number of nitrogens with one attached hydrogen (secondary N) is 1. The van der Waals surface area contributed by atoms with Crippen molar-refractivity contribution in [1.29, 1.82) is 0 Å². The topological polar surface area (TPSA) is 78.9 Å². The van der Waals surface area contributed by atoms with Gasteiger partial charge in [-0.15, -0.1) is 0 Å². The quantitative estimate of drug-likeness (QED) is 0.720. The molecule has 3 aromatic rings. The highest BCUT2D eigenvalue weighted by atomic mass is 16.4. The van der Waals surface area contributed by atoms with Gasteiger partial charge in [-0.2, -0.15) is 5.10 Å². The summed E-state index contributed by atoms with van der Waals surface area (Å²) in [5, 5.41) is 17.9. The summed E-state index contributed by atoms with van der Waals surface area (Å²) in [6.07, 6.45) is 3.73. The van der Waals surface area contributed by atoms with Crippen LogP contribution in [0.25, 0.3) is 22.6 Å². The predicted octanol–water partition coefficient (Wildman–Crippen LogP) is 4.40. The maximum Gasteiger partial charge on any atom is 0.336 e. The van der Waals surface area contributed by atoms with Crippen molar-refractivity contribution in [3.8, 4) is 0 Å². The Kier molecular flexibility index (Phi) is 3.87. The van der Waals surface area contributed by atoms with E-state index in [2.05, 4.69) is 23.2 Å². The Morgan fingerprint density at radius 1 is 1.27 bits per heavy atom. The fourth-order valence-corrected chi connectivity index (χ4v) is 3.93. The minimum absolute atomic E-state index is 0.363. The van der Waals surface area contributed by atoms with Crippen LogP contribution >= 0.6 is 0 Å². The van der Waals surface area contributed by atoms with E-state index in [1.165, 1.54) is 0 Å². The zero-order valence-electron chi connectivity index (χ0n) is 15.1. The first-order chi connectivity index (χ1) is 12.5. The van der Waals surface area contributed by atoms with Gasteiger partial charge in [-0.1, -0.05) is 25.1 Å². The Morgan fingerprint density at radius 3 is 2.73 bits per heavy atom. The van der Waals surface area contributed by atoms with Crippen molar-refractivity contribution in [2.75, 3.05) is 0 Å². The number of para-hydroxylation sites is 1. The Morgan fingerprint density at radius 2 is 2.04 bits per heavy atom. The van der Waals surface area contributed by atoms with Gasteiger partial charge in [-0.3, -0.25) is 5.10 Å². The smallest absolute Gasteiger partial charge is 0.336 e. The zero-order chi connectivity index (χ0) is 18.4. The molecule has 0 saturated carbocycles. The molecule has 26 heavy (non-hydrogen) atoms. The Bertz CT molecular complexity index is 1040. The van der Waals surface area contributed by atoms with Crippen LogP contribution in [0.3, 0.4) is 0 Å². The number of allylic oxidation sites excluding steroid dienone is 1. The van der Waals surface area contributed by atoms with Crippen molar-refractivity contribution in [3.63, 3.8) is 0 Å². The largest absolute Gasteiger partial charge is 0.478 e. The second-order valence-corrected chi connectivity index (χ2v) is 7.17. The van der Waals surface area contributed by atoms with Crippen molar-refractivity contribution in [2.24, 2.45) is 5.92 Å². The summed E-state index contributed by atoms with van der Waals surface area (Å²) in [6, 6.07) is 7.49. The third-order valence-electron chi connectivity index (χ3n) is 5.14. The number of carboxylic acids is 1. The van der Waals surface area contributed by atoms with Crippen molar-refractivity contribution in [1.82, 2.24) is 15.2 Å². The van der Waals surface area contributed by atoms with Gasteiger partial charge >= 0.3 is 5.97 Å². The molecule has 2 N–H and O–H groups in total. The molecule has 1 aliphatic rings. The molecule has 132 valence electrons. The van der Waals surface area contributed by atoms with Crippen LogP contribution < -0.4 is 0 Å². The van der Waals surface area contributed by atoms with Crippen molar-refractivity contribution < 1.29 is 9.90 Å². The number of carboxylic acid groups (broad SMARTS) is 1. The van der Waals surface area contributed by atoms with Crippen molar-refractivity contribution >= 4 is 28.5 Å². The zero-order valence-corrected chi connectivity index (χ0v) is 15.1. The molecule has 5 nitrogen and oxygen atoms in total. The highest BCUT2D eigenvalue weighted by molar-refractivity contribution is 6.06. The average molecular weight is 347 g/mol. The van der Waals surface area contributed by atoms with Crippen LogP contribution in [0.4, 0.5) is 0 Å². The van der Waals surface area contributed by atoms with E-state index < -0.39 is 5.97 Å². The Hall–Kier alpha value is -2.95. The molecule has 1 aliphatic carbocycles. The van der Waals surface area contributed by atoms with Crippen LogP contribution in [0.15, 0.2) is 24.3 Å². The highest BCUT2D eigenvalue weighted by Gasteiger charge is 2.28. The van der Waals surface area contributed by atoms with Gasteiger partial charge in [0, 0.05) is 16.6 Å². The van der Waals surface area contributed by atoms with E-state index in [4.69, 9.17) is 4.98 Å². The first kappa shape index (κ1) is 16.5. The van der Waals surface area contributed by atoms with E-state index in [-0.39, 0.29) is 0 Å². The fraction of sp³-hybridized carbons (Fsp3) is 0.286. The number of pyridine rings is 1. The second kappa shape index (κ2) is 6.09. The molecule has 0 amide bonds. The summed E-state index contributed by atoms with van der Waals surface area (Å²) in [6.45, 7) is 6.13.